The van der Waals surface area contributed by atoms with Crippen LogP contribution in [0.3, 0.4) is 0 Å². The van der Waals surface area contributed by atoms with E-state index in [-0.39, 0.29) is 0 Å². The van der Waals surface area contributed by atoms with Gasteiger partial charge in [-0.3, -0.25) is 0 Å². The molecule has 0 atom stereocenters. The van der Waals surface area contributed by atoms with Crippen molar-refractivity contribution in [2.45, 2.75) is 20.3 Å². The van der Waals surface area contributed by atoms with Crippen molar-refractivity contribution in [1.29, 1.82) is 5.26 Å². The predicted molar refractivity (Wildman–Crippen MR) is 67.6 cm³/mol. The second-order valence-electron chi connectivity index (χ2n) is 3.68. The molecule has 0 saturated carbocycles. The van der Waals surface area contributed by atoms with Crippen LogP contribution in [-0.4, -0.2) is 41.0 Å². The Bertz CT molecular complexity index is 367. The maximum absolute atomic E-state index is 8.70. The van der Waals surface area contributed by atoms with Crippen LogP contribution in [-0.2, 0) is 0 Å². The molecule has 0 unspecified atom stereocenters. The number of aromatic nitrogens is 2. The van der Waals surface area contributed by atoms with Gasteiger partial charge in [0.15, 0.2) is 0 Å². The summed E-state index contributed by atoms with van der Waals surface area (Å²) in [7, 11) is 0. The summed E-state index contributed by atoms with van der Waals surface area (Å²) in [6, 6.07) is 3.59. The topological polar surface area (TPSA) is 64.8 Å². The van der Waals surface area contributed by atoms with E-state index in [1.807, 2.05) is 6.07 Å². The zero-order valence-electron chi connectivity index (χ0n) is 10.5. The molecular formula is C12H19N5. The van der Waals surface area contributed by atoms with Crippen LogP contribution in [0, 0.1) is 11.3 Å². The molecule has 92 valence electrons. The molecule has 0 saturated heterocycles. The van der Waals surface area contributed by atoms with Crippen LogP contribution in [0.15, 0.2) is 12.3 Å². The van der Waals surface area contributed by atoms with E-state index in [0.29, 0.717) is 11.6 Å². The van der Waals surface area contributed by atoms with Crippen molar-refractivity contribution in [3.05, 3.63) is 18.0 Å². The van der Waals surface area contributed by atoms with Gasteiger partial charge in [0.2, 0.25) is 5.95 Å². The molecule has 0 aromatic carbocycles. The summed E-state index contributed by atoms with van der Waals surface area (Å²) in [5, 5.41) is 11.8. The van der Waals surface area contributed by atoms with Crippen LogP contribution < -0.4 is 5.32 Å². The molecular weight excluding hydrogens is 214 g/mol. The average Bonchev–Trinajstić information content (AvgIpc) is 2.39. The Morgan fingerprint density at radius 3 is 2.82 bits per heavy atom. The van der Waals surface area contributed by atoms with E-state index in [1.54, 1.807) is 12.3 Å². The molecule has 0 bridgehead atoms. The van der Waals surface area contributed by atoms with Crippen LogP contribution in [0.1, 0.15) is 26.0 Å². The first-order valence-corrected chi connectivity index (χ1v) is 5.99. The lowest BCUT2D eigenvalue weighted by molar-refractivity contribution is 0.303. The van der Waals surface area contributed by atoms with E-state index in [2.05, 4.69) is 34.0 Å². The van der Waals surface area contributed by atoms with Crippen molar-refractivity contribution >= 4 is 5.95 Å². The molecule has 0 amide bonds. The normalized spacial score (nSPS) is 10.2. The highest BCUT2D eigenvalue weighted by atomic mass is 15.1. The van der Waals surface area contributed by atoms with Crippen LogP contribution in [0.25, 0.3) is 0 Å². The third-order valence-corrected chi connectivity index (χ3v) is 2.60. The fourth-order valence-electron chi connectivity index (χ4n) is 1.55. The fraction of sp³-hybridized carbons (Fsp3) is 0.583. The van der Waals surface area contributed by atoms with E-state index in [4.69, 9.17) is 5.26 Å². The first-order chi connectivity index (χ1) is 8.30. The van der Waals surface area contributed by atoms with E-state index < -0.39 is 0 Å². The highest BCUT2D eigenvalue weighted by Crippen LogP contribution is 1.99. The molecule has 1 aromatic heterocycles. The number of hydrogen-bond acceptors (Lipinski definition) is 5. The van der Waals surface area contributed by atoms with Crippen LogP contribution in [0.2, 0.25) is 0 Å². The Balaban J connectivity index is 2.29. The molecule has 0 aliphatic heterocycles. The SMILES string of the molecule is CCN(CC)CCCNc1nccc(C#N)n1. The second-order valence-corrected chi connectivity index (χ2v) is 3.68. The number of anilines is 1. The quantitative estimate of drug-likeness (QED) is 0.723. The Hall–Kier alpha value is -1.67. The van der Waals surface area contributed by atoms with Gasteiger partial charge in [0.05, 0.1) is 0 Å². The highest BCUT2D eigenvalue weighted by Gasteiger charge is 2.00. The number of nitriles is 1. The smallest absolute Gasteiger partial charge is 0.223 e. The lowest BCUT2D eigenvalue weighted by Gasteiger charge is -2.17. The Morgan fingerprint density at radius 1 is 1.41 bits per heavy atom. The molecule has 1 aromatic rings. The van der Waals surface area contributed by atoms with Gasteiger partial charge in [0, 0.05) is 12.7 Å². The Labute approximate surface area is 102 Å². The third-order valence-electron chi connectivity index (χ3n) is 2.60. The molecule has 1 rings (SSSR count). The molecule has 0 radical (unpaired) electrons. The molecule has 0 aliphatic carbocycles. The standard InChI is InChI=1S/C12H19N5/c1-3-17(4-2)9-5-7-14-12-15-8-6-11(10-13)16-12/h6,8H,3-5,7,9H2,1-2H3,(H,14,15,16). The molecule has 1 heterocycles. The van der Waals surface area contributed by atoms with Gasteiger partial charge in [-0.2, -0.15) is 5.26 Å². The summed E-state index contributed by atoms with van der Waals surface area (Å²) >= 11 is 0. The molecule has 1 N–H and O–H groups in total. The third kappa shape index (κ3) is 4.79. The number of nitrogens with zero attached hydrogens (tertiary/aromatic N) is 4. The molecule has 0 spiro atoms. The largest absolute Gasteiger partial charge is 0.354 e. The zero-order chi connectivity index (χ0) is 12.5. The summed E-state index contributed by atoms with van der Waals surface area (Å²) in [5.74, 6) is 0.531. The predicted octanol–water partition coefficient (Wildman–Crippen LogP) is 1.49. The van der Waals surface area contributed by atoms with Crippen molar-refractivity contribution < 1.29 is 0 Å². The molecule has 5 nitrogen and oxygen atoms in total. The summed E-state index contributed by atoms with van der Waals surface area (Å²) in [5.41, 5.74) is 0.395. The van der Waals surface area contributed by atoms with Gasteiger partial charge in [-0.15, -0.1) is 0 Å². The number of hydrogen-bond donors (Lipinski definition) is 1. The highest BCUT2D eigenvalue weighted by molar-refractivity contribution is 5.29. The van der Waals surface area contributed by atoms with Crippen LogP contribution in [0.4, 0.5) is 5.95 Å². The van der Waals surface area contributed by atoms with E-state index in [1.165, 1.54) is 0 Å². The van der Waals surface area contributed by atoms with E-state index >= 15 is 0 Å². The summed E-state index contributed by atoms with van der Waals surface area (Å²) in [6.45, 7) is 8.38. The van der Waals surface area contributed by atoms with Crippen molar-refractivity contribution in [3.63, 3.8) is 0 Å². The monoisotopic (exact) mass is 233 g/mol. The maximum atomic E-state index is 8.70. The minimum Gasteiger partial charge on any atom is -0.354 e. The van der Waals surface area contributed by atoms with Gasteiger partial charge in [-0.05, 0) is 32.1 Å². The van der Waals surface area contributed by atoms with Crippen molar-refractivity contribution in [2.24, 2.45) is 0 Å². The Morgan fingerprint density at radius 2 is 2.18 bits per heavy atom. The van der Waals surface area contributed by atoms with E-state index in [0.717, 1.165) is 32.6 Å². The molecule has 0 aliphatic rings. The van der Waals surface area contributed by atoms with Gasteiger partial charge in [0.25, 0.3) is 0 Å². The second kappa shape index (κ2) is 7.58. The molecule has 17 heavy (non-hydrogen) atoms. The molecule has 0 fully saturated rings. The Kier molecular flexibility index (Phi) is 5.97. The fourth-order valence-corrected chi connectivity index (χ4v) is 1.55. The van der Waals surface area contributed by atoms with Crippen molar-refractivity contribution in [3.8, 4) is 6.07 Å². The molecule has 5 heteroatoms. The van der Waals surface area contributed by atoms with Gasteiger partial charge in [-0.1, -0.05) is 13.8 Å². The number of nitrogens with one attached hydrogen (secondary N) is 1. The van der Waals surface area contributed by atoms with Crippen molar-refractivity contribution in [2.75, 3.05) is 31.5 Å². The zero-order valence-corrected chi connectivity index (χ0v) is 10.5. The summed E-state index contributed by atoms with van der Waals surface area (Å²) in [6.07, 6.45) is 2.64. The van der Waals surface area contributed by atoms with Gasteiger partial charge in [0.1, 0.15) is 11.8 Å². The lowest BCUT2D eigenvalue weighted by atomic mass is 10.3. The van der Waals surface area contributed by atoms with Crippen molar-refractivity contribution in [1.82, 2.24) is 14.9 Å². The van der Waals surface area contributed by atoms with E-state index in [9.17, 15) is 0 Å². The summed E-state index contributed by atoms with van der Waals surface area (Å²) in [4.78, 5) is 10.5. The van der Waals surface area contributed by atoms with Crippen LogP contribution >= 0.6 is 0 Å². The first-order valence-electron chi connectivity index (χ1n) is 5.99. The van der Waals surface area contributed by atoms with Crippen LogP contribution in [0.5, 0.6) is 0 Å². The lowest BCUT2D eigenvalue weighted by Crippen LogP contribution is -2.25. The summed E-state index contributed by atoms with van der Waals surface area (Å²) < 4.78 is 0. The maximum Gasteiger partial charge on any atom is 0.223 e. The minimum atomic E-state index is 0.395. The first kappa shape index (κ1) is 13.4. The van der Waals surface area contributed by atoms with Gasteiger partial charge in [-0.25, -0.2) is 9.97 Å². The van der Waals surface area contributed by atoms with Gasteiger partial charge < -0.3 is 10.2 Å². The number of rotatable bonds is 7. The van der Waals surface area contributed by atoms with Gasteiger partial charge >= 0.3 is 0 Å². The minimum absolute atomic E-state index is 0.395. The average molecular weight is 233 g/mol.